The quantitative estimate of drug-likeness (QED) is 0.789. The van der Waals surface area contributed by atoms with E-state index in [1.165, 1.54) is 16.7 Å². The number of hydrogen-bond donors (Lipinski definition) is 2. The second-order valence-corrected chi connectivity index (χ2v) is 6.15. The summed E-state index contributed by atoms with van der Waals surface area (Å²) in [6, 6.07) is 19.4. The van der Waals surface area contributed by atoms with Gasteiger partial charge in [-0.15, -0.1) is 0 Å². The second-order valence-electron chi connectivity index (χ2n) is 5.74. The van der Waals surface area contributed by atoms with E-state index in [-0.39, 0.29) is 0 Å². The molecule has 1 atom stereocenters. The van der Waals surface area contributed by atoms with Crippen molar-refractivity contribution in [3.63, 3.8) is 0 Å². The van der Waals surface area contributed by atoms with Crippen LogP contribution in [0.25, 0.3) is 0 Å². The molecular weight excluding hydrogens is 288 g/mol. The molecule has 1 unspecified atom stereocenters. The highest BCUT2D eigenvalue weighted by Crippen LogP contribution is 2.05. The Morgan fingerprint density at radius 3 is 2.36 bits per heavy atom. The van der Waals surface area contributed by atoms with E-state index in [1.807, 2.05) is 0 Å². The summed E-state index contributed by atoms with van der Waals surface area (Å²) >= 11 is 5.36. The maximum Gasteiger partial charge on any atom is 0.166 e. The summed E-state index contributed by atoms with van der Waals surface area (Å²) in [5.74, 6) is 0. The van der Waals surface area contributed by atoms with Crippen molar-refractivity contribution in [2.45, 2.75) is 39.3 Å². The minimum atomic E-state index is 0.359. The summed E-state index contributed by atoms with van der Waals surface area (Å²) in [4.78, 5) is 0. The largest absolute Gasteiger partial charge is 0.360 e. The van der Waals surface area contributed by atoms with Crippen molar-refractivity contribution in [2.24, 2.45) is 0 Å². The van der Waals surface area contributed by atoms with Crippen LogP contribution in [0.5, 0.6) is 0 Å². The summed E-state index contributed by atoms with van der Waals surface area (Å²) < 4.78 is 0. The second kappa shape index (κ2) is 8.54. The van der Waals surface area contributed by atoms with Crippen LogP contribution in [0.2, 0.25) is 0 Å². The molecule has 0 saturated heterocycles. The molecule has 3 heteroatoms. The molecule has 0 fully saturated rings. The summed E-state index contributed by atoms with van der Waals surface area (Å²) in [5, 5.41) is 7.34. The van der Waals surface area contributed by atoms with Gasteiger partial charge >= 0.3 is 0 Å². The van der Waals surface area contributed by atoms with E-state index in [4.69, 9.17) is 12.2 Å². The van der Waals surface area contributed by atoms with Gasteiger partial charge in [-0.05, 0) is 50.0 Å². The van der Waals surface area contributed by atoms with Gasteiger partial charge < -0.3 is 10.6 Å². The Morgan fingerprint density at radius 2 is 1.68 bits per heavy atom. The van der Waals surface area contributed by atoms with Crippen LogP contribution < -0.4 is 10.6 Å². The molecule has 0 radical (unpaired) electrons. The lowest BCUT2D eigenvalue weighted by molar-refractivity contribution is 0.599. The molecule has 2 N–H and O–H groups in total. The molecule has 0 bridgehead atoms. The van der Waals surface area contributed by atoms with Crippen LogP contribution in [0, 0.1) is 6.92 Å². The molecular formula is C19H24N2S. The standard InChI is InChI=1S/C19H24N2S/c1-15-8-11-18(12-9-15)14-20-19(22)21-16(2)10-13-17-6-4-3-5-7-17/h3-9,11-12,16H,10,13-14H2,1-2H3,(H2,20,21,22). The topological polar surface area (TPSA) is 24.1 Å². The van der Waals surface area contributed by atoms with Crippen molar-refractivity contribution in [1.29, 1.82) is 0 Å². The zero-order valence-electron chi connectivity index (χ0n) is 13.3. The lowest BCUT2D eigenvalue weighted by Gasteiger charge is -2.17. The first-order valence-corrected chi connectivity index (χ1v) is 8.18. The average molecular weight is 312 g/mol. The van der Waals surface area contributed by atoms with Crippen molar-refractivity contribution in [3.05, 3.63) is 71.3 Å². The molecule has 22 heavy (non-hydrogen) atoms. The third kappa shape index (κ3) is 5.86. The van der Waals surface area contributed by atoms with Crippen molar-refractivity contribution >= 4 is 17.3 Å². The lowest BCUT2D eigenvalue weighted by Crippen LogP contribution is -2.40. The molecule has 0 aliphatic carbocycles. The number of nitrogens with one attached hydrogen (secondary N) is 2. The normalized spacial score (nSPS) is 11.7. The monoisotopic (exact) mass is 312 g/mol. The van der Waals surface area contributed by atoms with Crippen molar-refractivity contribution in [1.82, 2.24) is 10.6 Å². The van der Waals surface area contributed by atoms with Gasteiger partial charge in [-0.3, -0.25) is 0 Å². The molecule has 0 spiro atoms. The maximum atomic E-state index is 5.36. The molecule has 2 nitrogen and oxygen atoms in total. The molecule has 2 aromatic rings. The minimum absolute atomic E-state index is 0.359. The van der Waals surface area contributed by atoms with Crippen LogP contribution in [0.1, 0.15) is 30.0 Å². The number of benzene rings is 2. The molecule has 2 rings (SSSR count). The highest BCUT2D eigenvalue weighted by atomic mass is 32.1. The van der Waals surface area contributed by atoms with Crippen LogP contribution in [0.4, 0.5) is 0 Å². The van der Waals surface area contributed by atoms with E-state index in [2.05, 4.69) is 79.1 Å². The van der Waals surface area contributed by atoms with Gasteiger partial charge in [0.2, 0.25) is 0 Å². The first kappa shape index (κ1) is 16.5. The Kier molecular flexibility index (Phi) is 6.41. The number of aryl methyl sites for hydroxylation is 2. The van der Waals surface area contributed by atoms with Gasteiger partial charge in [0, 0.05) is 12.6 Å². The van der Waals surface area contributed by atoms with Gasteiger partial charge in [0.05, 0.1) is 0 Å². The summed E-state index contributed by atoms with van der Waals surface area (Å²) in [6.07, 6.45) is 2.13. The predicted molar refractivity (Wildman–Crippen MR) is 98.0 cm³/mol. The summed E-state index contributed by atoms with van der Waals surface area (Å²) in [5.41, 5.74) is 3.89. The molecule has 0 aromatic heterocycles. The van der Waals surface area contributed by atoms with Crippen molar-refractivity contribution < 1.29 is 0 Å². The highest BCUT2D eigenvalue weighted by molar-refractivity contribution is 7.80. The van der Waals surface area contributed by atoms with Gasteiger partial charge in [0.25, 0.3) is 0 Å². The third-order valence-electron chi connectivity index (χ3n) is 3.66. The van der Waals surface area contributed by atoms with E-state index in [0.29, 0.717) is 6.04 Å². The van der Waals surface area contributed by atoms with E-state index < -0.39 is 0 Å². The van der Waals surface area contributed by atoms with Gasteiger partial charge in [-0.2, -0.15) is 0 Å². The SMILES string of the molecule is Cc1ccc(CNC(=S)NC(C)CCc2ccccc2)cc1. The Balaban J connectivity index is 1.68. The Bertz CT molecular complexity index is 578. The highest BCUT2D eigenvalue weighted by Gasteiger charge is 2.04. The number of thiocarbonyl (C=S) groups is 1. The summed E-state index contributed by atoms with van der Waals surface area (Å²) in [7, 11) is 0. The maximum absolute atomic E-state index is 5.36. The fourth-order valence-corrected chi connectivity index (χ4v) is 2.54. The molecule has 0 aliphatic rings. The average Bonchev–Trinajstić information content (AvgIpc) is 2.53. The minimum Gasteiger partial charge on any atom is -0.360 e. The molecule has 0 aliphatic heterocycles. The molecule has 116 valence electrons. The van der Waals surface area contributed by atoms with Gasteiger partial charge in [0.15, 0.2) is 5.11 Å². The van der Waals surface area contributed by atoms with Crippen LogP contribution in [0.3, 0.4) is 0 Å². The first-order chi connectivity index (χ1) is 10.6. The third-order valence-corrected chi connectivity index (χ3v) is 3.92. The summed E-state index contributed by atoms with van der Waals surface area (Å²) in [6.45, 7) is 5.03. The van der Waals surface area contributed by atoms with Crippen molar-refractivity contribution in [2.75, 3.05) is 0 Å². The van der Waals surface area contributed by atoms with Gasteiger partial charge in [0.1, 0.15) is 0 Å². The Hall–Kier alpha value is -1.87. The van der Waals surface area contributed by atoms with Crippen molar-refractivity contribution in [3.8, 4) is 0 Å². The molecule has 0 saturated carbocycles. The van der Waals surface area contributed by atoms with Crippen LogP contribution >= 0.6 is 12.2 Å². The zero-order valence-corrected chi connectivity index (χ0v) is 14.1. The Morgan fingerprint density at radius 1 is 1.00 bits per heavy atom. The number of rotatable bonds is 6. The fourth-order valence-electron chi connectivity index (χ4n) is 2.26. The van der Waals surface area contributed by atoms with Crippen LogP contribution in [-0.4, -0.2) is 11.2 Å². The molecule has 0 heterocycles. The lowest BCUT2D eigenvalue weighted by atomic mass is 10.1. The van der Waals surface area contributed by atoms with Gasteiger partial charge in [-0.25, -0.2) is 0 Å². The van der Waals surface area contributed by atoms with Gasteiger partial charge in [-0.1, -0.05) is 60.2 Å². The van der Waals surface area contributed by atoms with E-state index in [9.17, 15) is 0 Å². The molecule has 2 aromatic carbocycles. The predicted octanol–water partition coefficient (Wildman–Crippen LogP) is 3.98. The molecule has 0 amide bonds. The van der Waals surface area contributed by atoms with E-state index in [1.54, 1.807) is 0 Å². The van der Waals surface area contributed by atoms with Crippen LogP contribution in [0.15, 0.2) is 54.6 Å². The number of hydrogen-bond acceptors (Lipinski definition) is 1. The fraction of sp³-hybridized carbons (Fsp3) is 0.316. The van der Waals surface area contributed by atoms with Crippen LogP contribution in [-0.2, 0) is 13.0 Å². The van der Waals surface area contributed by atoms with E-state index in [0.717, 1.165) is 24.5 Å². The smallest absolute Gasteiger partial charge is 0.166 e. The first-order valence-electron chi connectivity index (χ1n) is 7.77. The zero-order chi connectivity index (χ0) is 15.8. The Labute approximate surface area is 139 Å². The van der Waals surface area contributed by atoms with E-state index >= 15 is 0 Å².